The Morgan fingerprint density at radius 1 is 1.19 bits per heavy atom. The summed E-state index contributed by atoms with van der Waals surface area (Å²) in [6.07, 6.45) is -0.565. The second kappa shape index (κ2) is 6.76. The molecule has 2 rings (SSSR count). The maximum Gasteiger partial charge on any atom is 0.265 e. The first-order valence-corrected chi connectivity index (χ1v) is 7.56. The first kappa shape index (κ1) is 15.6. The molecule has 3 nitrogen and oxygen atoms in total. The standard InChI is InChI=1S/C17H18BrNO2/c1-11-6-4-9-16(12(11)2)21-13(3)17(20)19-15-8-5-7-14(18)10-15/h4-10,13H,1-3H3,(H,19,20)/t13-/m1/s1. The molecular weight excluding hydrogens is 330 g/mol. The first-order valence-electron chi connectivity index (χ1n) is 6.76. The zero-order chi connectivity index (χ0) is 15.4. The Hall–Kier alpha value is -1.81. The van der Waals surface area contributed by atoms with Gasteiger partial charge in [-0.3, -0.25) is 4.79 Å². The topological polar surface area (TPSA) is 38.3 Å². The van der Waals surface area contributed by atoms with E-state index < -0.39 is 6.10 Å². The Labute approximate surface area is 133 Å². The molecule has 0 heterocycles. The van der Waals surface area contributed by atoms with Crippen LogP contribution >= 0.6 is 15.9 Å². The van der Waals surface area contributed by atoms with Gasteiger partial charge in [0.25, 0.3) is 5.91 Å². The number of anilines is 1. The second-order valence-electron chi connectivity index (χ2n) is 4.96. The highest BCUT2D eigenvalue weighted by molar-refractivity contribution is 9.10. The lowest BCUT2D eigenvalue weighted by molar-refractivity contribution is -0.122. The molecule has 21 heavy (non-hydrogen) atoms. The van der Waals surface area contributed by atoms with Crippen molar-refractivity contribution in [3.05, 3.63) is 58.1 Å². The van der Waals surface area contributed by atoms with Gasteiger partial charge in [0.1, 0.15) is 5.75 Å². The molecular formula is C17H18BrNO2. The largest absolute Gasteiger partial charge is 0.481 e. The van der Waals surface area contributed by atoms with E-state index in [9.17, 15) is 4.79 Å². The van der Waals surface area contributed by atoms with Crippen molar-refractivity contribution in [1.82, 2.24) is 0 Å². The average Bonchev–Trinajstić information content (AvgIpc) is 2.44. The fraction of sp³-hybridized carbons (Fsp3) is 0.235. The van der Waals surface area contributed by atoms with E-state index in [4.69, 9.17) is 4.74 Å². The molecule has 0 saturated heterocycles. The molecule has 4 heteroatoms. The molecule has 110 valence electrons. The number of nitrogens with one attached hydrogen (secondary N) is 1. The van der Waals surface area contributed by atoms with E-state index in [1.54, 1.807) is 6.92 Å². The van der Waals surface area contributed by atoms with E-state index in [2.05, 4.69) is 21.2 Å². The Morgan fingerprint density at radius 3 is 2.62 bits per heavy atom. The summed E-state index contributed by atoms with van der Waals surface area (Å²) in [4.78, 5) is 12.2. The lowest BCUT2D eigenvalue weighted by Gasteiger charge is -2.17. The average molecular weight is 348 g/mol. The summed E-state index contributed by atoms with van der Waals surface area (Å²) in [6.45, 7) is 5.76. The number of benzene rings is 2. The predicted molar refractivity (Wildman–Crippen MR) is 88.8 cm³/mol. The number of halogens is 1. The van der Waals surface area contributed by atoms with Crippen molar-refractivity contribution in [3.8, 4) is 5.75 Å². The summed E-state index contributed by atoms with van der Waals surface area (Å²) in [5, 5.41) is 2.84. The molecule has 2 aromatic carbocycles. The minimum Gasteiger partial charge on any atom is -0.481 e. The van der Waals surface area contributed by atoms with Crippen molar-refractivity contribution in [2.45, 2.75) is 26.9 Å². The molecule has 0 bridgehead atoms. The molecule has 0 radical (unpaired) electrons. The summed E-state index contributed by atoms with van der Waals surface area (Å²) >= 11 is 3.38. The zero-order valence-corrected chi connectivity index (χ0v) is 13.9. The first-order chi connectivity index (χ1) is 9.97. The monoisotopic (exact) mass is 347 g/mol. The lowest BCUT2D eigenvalue weighted by Crippen LogP contribution is -2.30. The van der Waals surface area contributed by atoms with Crippen LogP contribution in [0.1, 0.15) is 18.1 Å². The number of aryl methyl sites for hydroxylation is 1. The van der Waals surface area contributed by atoms with Crippen LogP contribution in [0.25, 0.3) is 0 Å². The number of hydrogen-bond acceptors (Lipinski definition) is 2. The number of hydrogen-bond donors (Lipinski definition) is 1. The summed E-state index contributed by atoms with van der Waals surface area (Å²) in [6, 6.07) is 13.3. The minimum absolute atomic E-state index is 0.172. The third kappa shape index (κ3) is 4.08. The highest BCUT2D eigenvalue weighted by atomic mass is 79.9. The minimum atomic E-state index is -0.565. The van der Waals surface area contributed by atoms with Crippen LogP contribution in [-0.4, -0.2) is 12.0 Å². The molecule has 0 aliphatic heterocycles. The van der Waals surface area contributed by atoms with Gasteiger partial charge in [-0.2, -0.15) is 0 Å². The zero-order valence-electron chi connectivity index (χ0n) is 12.3. The van der Waals surface area contributed by atoms with Gasteiger partial charge in [-0.25, -0.2) is 0 Å². The third-order valence-electron chi connectivity index (χ3n) is 3.32. The van der Waals surface area contributed by atoms with Crippen molar-refractivity contribution in [2.24, 2.45) is 0 Å². The van der Waals surface area contributed by atoms with Gasteiger partial charge in [-0.15, -0.1) is 0 Å². The number of ether oxygens (including phenoxy) is 1. The van der Waals surface area contributed by atoms with Gasteiger partial charge in [0.2, 0.25) is 0 Å². The number of carbonyl (C=O) groups is 1. The summed E-state index contributed by atoms with van der Waals surface area (Å²) < 4.78 is 6.69. The van der Waals surface area contributed by atoms with Crippen molar-refractivity contribution in [3.63, 3.8) is 0 Å². The maximum atomic E-state index is 12.2. The Morgan fingerprint density at radius 2 is 1.90 bits per heavy atom. The molecule has 0 unspecified atom stereocenters. The molecule has 0 aliphatic rings. The Kier molecular flexibility index (Phi) is 5.02. The van der Waals surface area contributed by atoms with Crippen LogP contribution in [-0.2, 0) is 4.79 Å². The van der Waals surface area contributed by atoms with Gasteiger partial charge < -0.3 is 10.1 Å². The van der Waals surface area contributed by atoms with Crippen molar-refractivity contribution in [2.75, 3.05) is 5.32 Å². The SMILES string of the molecule is Cc1cccc(O[C@H](C)C(=O)Nc2cccc(Br)c2)c1C. The molecule has 0 saturated carbocycles. The van der Waals surface area contributed by atoms with E-state index in [1.807, 2.05) is 56.3 Å². The second-order valence-corrected chi connectivity index (χ2v) is 5.87. The normalized spacial score (nSPS) is 11.8. The highest BCUT2D eigenvalue weighted by Crippen LogP contribution is 2.22. The quantitative estimate of drug-likeness (QED) is 0.885. The Balaban J connectivity index is 2.04. The van der Waals surface area contributed by atoms with Crippen LogP contribution in [0.5, 0.6) is 5.75 Å². The summed E-state index contributed by atoms with van der Waals surface area (Å²) in [5.41, 5.74) is 2.94. The van der Waals surface area contributed by atoms with Crippen molar-refractivity contribution in [1.29, 1.82) is 0 Å². The van der Waals surface area contributed by atoms with Crippen LogP contribution < -0.4 is 10.1 Å². The smallest absolute Gasteiger partial charge is 0.265 e. The van der Waals surface area contributed by atoms with Crippen molar-refractivity contribution < 1.29 is 9.53 Å². The van der Waals surface area contributed by atoms with Gasteiger partial charge >= 0.3 is 0 Å². The molecule has 1 N–H and O–H groups in total. The van der Waals surface area contributed by atoms with Gasteiger partial charge in [0, 0.05) is 10.2 Å². The molecule has 0 aromatic heterocycles. The summed E-state index contributed by atoms with van der Waals surface area (Å²) in [7, 11) is 0. The summed E-state index contributed by atoms with van der Waals surface area (Å²) in [5.74, 6) is 0.570. The lowest BCUT2D eigenvalue weighted by atomic mass is 10.1. The Bertz CT molecular complexity index is 655. The van der Waals surface area contributed by atoms with Crippen LogP contribution in [0.3, 0.4) is 0 Å². The van der Waals surface area contributed by atoms with Crippen LogP contribution in [0, 0.1) is 13.8 Å². The number of amides is 1. The molecule has 1 atom stereocenters. The number of carbonyl (C=O) groups excluding carboxylic acids is 1. The van der Waals surface area contributed by atoms with E-state index >= 15 is 0 Å². The molecule has 0 spiro atoms. The molecule has 1 amide bonds. The number of rotatable bonds is 4. The van der Waals surface area contributed by atoms with Gasteiger partial charge in [-0.1, -0.05) is 34.1 Å². The van der Waals surface area contributed by atoms with Crippen molar-refractivity contribution >= 4 is 27.5 Å². The van der Waals surface area contributed by atoms with Crippen LogP contribution in [0.2, 0.25) is 0 Å². The molecule has 0 fully saturated rings. The molecule has 0 aliphatic carbocycles. The third-order valence-corrected chi connectivity index (χ3v) is 3.81. The van der Waals surface area contributed by atoms with Gasteiger partial charge in [0.15, 0.2) is 6.10 Å². The van der Waals surface area contributed by atoms with E-state index in [1.165, 1.54) is 0 Å². The predicted octanol–water partition coefficient (Wildman–Crippen LogP) is 4.47. The highest BCUT2D eigenvalue weighted by Gasteiger charge is 2.16. The van der Waals surface area contributed by atoms with E-state index in [-0.39, 0.29) is 5.91 Å². The molecule has 2 aromatic rings. The van der Waals surface area contributed by atoms with Crippen LogP contribution in [0.4, 0.5) is 5.69 Å². The van der Waals surface area contributed by atoms with Gasteiger partial charge in [0.05, 0.1) is 0 Å². The maximum absolute atomic E-state index is 12.2. The van der Waals surface area contributed by atoms with Gasteiger partial charge in [-0.05, 0) is 56.2 Å². The fourth-order valence-corrected chi connectivity index (χ4v) is 2.31. The van der Waals surface area contributed by atoms with E-state index in [0.717, 1.165) is 27.0 Å². The fourth-order valence-electron chi connectivity index (χ4n) is 1.91. The van der Waals surface area contributed by atoms with E-state index in [0.29, 0.717) is 0 Å². The van der Waals surface area contributed by atoms with Crippen LogP contribution in [0.15, 0.2) is 46.9 Å².